The average Bonchev–Trinajstić information content (AvgIpc) is 3.24. The maximum absolute atomic E-state index is 13.3. The fourth-order valence-corrected chi connectivity index (χ4v) is 6.66. The van der Waals surface area contributed by atoms with Crippen molar-refractivity contribution in [2.24, 2.45) is 0 Å². The molecule has 0 unspecified atom stereocenters. The third kappa shape index (κ3) is 4.39. The molecule has 0 aliphatic carbocycles. The Hall–Kier alpha value is -3.59. The number of sulfonamides is 1. The molecule has 3 aromatic carbocycles. The van der Waals surface area contributed by atoms with E-state index in [1.54, 1.807) is 19.2 Å². The average molecular weight is 510 g/mol. The number of halogens is 1. The third-order valence-electron chi connectivity index (χ3n) is 6.85. The largest absolute Gasteiger partial charge is 0.497 e. The second-order valence-electron chi connectivity index (χ2n) is 9.13. The summed E-state index contributed by atoms with van der Waals surface area (Å²) in [6, 6.07) is 17.6. The predicted octanol–water partition coefficient (Wildman–Crippen LogP) is 3.94. The molecule has 0 saturated carbocycles. The van der Waals surface area contributed by atoms with E-state index in [9.17, 15) is 17.6 Å². The Morgan fingerprint density at radius 2 is 1.61 bits per heavy atom. The molecule has 7 nitrogen and oxygen atoms in total. The van der Waals surface area contributed by atoms with Crippen LogP contribution in [0.2, 0.25) is 0 Å². The van der Waals surface area contributed by atoms with Crippen LogP contribution in [0.5, 0.6) is 5.75 Å². The summed E-state index contributed by atoms with van der Waals surface area (Å²) in [5.74, 6) is 0.263. The minimum atomic E-state index is -3.85. The first kappa shape index (κ1) is 24.1. The highest BCUT2D eigenvalue weighted by molar-refractivity contribution is 7.92. The van der Waals surface area contributed by atoms with Crippen LogP contribution in [0, 0.1) is 5.82 Å². The van der Waals surface area contributed by atoms with Gasteiger partial charge in [0, 0.05) is 43.5 Å². The maximum Gasteiger partial charge on any atom is 0.264 e. The molecule has 2 aliphatic rings. The normalized spacial score (nSPS) is 17.8. The molecule has 36 heavy (non-hydrogen) atoms. The van der Waals surface area contributed by atoms with Gasteiger partial charge < -0.3 is 14.5 Å². The first-order valence-electron chi connectivity index (χ1n) is 11.9. The van der Waals surface area contributed by atoms with E-state index < -0.39 is 15.8 Å². The van der Waals surface area contributed by atoms with E-state index in [1.165, 1.54) is 16.4 Å². The molecule has 1 saturated heterocycles. The number of ether oxygens (including phenoxy) is 1. The van der Waals surface area contributed by atoms with Crippen LogP contribution in [-0.2, 0) is 16.4 Å². The fraction of sp³-hybridized carbons (Fsp3) is 0.296. The Kier molecular flexibility index (Phi) is 6.34. The van der Waals surface area contributed by atoms with Crippen molar-refractivity contribution >= 4 is 27.3 Å². The third-order valence-corrected chi connectivity index (χ3v) is 8.80. The van der Waals surface area contributed by atoms with Crippen LogP contribution >= 0.6 is 0 Å². The first-order chi connectivity index (χ1) is 17.3. The second-order valence-corrected chi connectivity index (χ2v) is 10.9. The maximum atomic E-state index is 13.3. The van der Waals surface area contributed by atoms with E-state index in [0.29, 0.717) is 30.8 Å². The van der Waals surface area contributed by atoms with Gasteiger partial charge in [-0.05, 0) is 85.6 Å². The molecule has 1 amide bonds. The number of rotatable bonds is 5. The molecule has 9 heteroatoms. The smallest absolute Gasteiger partial charge is 0.264 e. The van der Waals surface area contributed by atoms with Crippen molar-refractivity contribution in [2.75, 3.05) is 42.5 Å². The van der Waals surface area contributed by atoms with Crippen molar-refractivity contribution in [3.63, 3.8) is 0 Å². The Morgan fingerprint density at radius 3 is 2.25 bits per heavy atom. The van der Waals surface area contributed by atoms with E-state index in [-0.39, 0.29) is 16.8 Å². The van der Waals surface area contributed by atoms with Gasteiger partial charge in [0.2, 0.25) is 0 Å². The van der Waals surface area contributed by atoms with E-state index in [0.717, 1.165) is 42.2 Å². The molecule has 1 fully saturated rings. The minimum absolute atomic E-state index is 0.0403. The highest BCUT2D eigenvalue weighted by Crippen LogP contribution is 2.37. The lowest BCUT2D eigenvalue weighted by Gasteiger charge is -2.36. The number of methoxy groups -OCH3 is 1. The quantitative estimate of drug-likeness (QED) is 0.521. The molecular formula is C27H28FN3O4S. The molecule has 2 aliphatic heterocycles. The molecule has 1 atom stereocenters. The highest BCUT2D eigenvalue weighted by atomic mass is 32.2. The molecule has 0 N–H and O–H groups in total. The summed E-state index contributed by atoms with van der Waals surface area (Å²) in [5.41, 5.74) is 3.03. The van der Waals surface area contributed by atoms with Gasteiger partial charge in [-0.15, -0.1) is 0 Å². The van der Waals surface area contributed by atoms with Crippen LogP contribution in [-0.4, -0.2) is 58.6 Å². The minimum Gasteiger partial charge on any atom is -0.497 e. The molecular weight excluding hydrogens is 481 g/mol. The van der Waals surface area contributed by atoms with Crippen molar-refractivity contribution in [3.05, 3.63) is 83.7 Å². The van der Waals surface area contributed by atoms with Crippen molar-refractivity contribution in [2.45, 2.75) is 24.3 Å². The number of carbonyl (C=O) groups excluding carboxylic acids is 1. The fourth-order valence-electron chi connectivity index (χ4n) is 4.97. The Labute approximate surface area is 210 Å². The first-order valence-corrected chi connectivity index (χ1v) is 13.3. The zero-order valence-electron chi connectivity index (χ0n) is 20.2. The zero-order valence-corrected chi connectivity index (χ0v) is 21.0. The van der Waals surface area contributed by atoms with Gasteiger partial charge >= 0.3 is 0 Å². The number of carbonyl (C=O) groups is 1. The molecule has 0 aromatic heterocycles. The lowest BCUT2D eigenvalue weighted by Crippen LogP contribution is -2.48. The number of hydrogen-bond acceptors (Lipinski definition) is 5. The van der Waals surface area contributed by atoms with Gasteiger partial charge in [-0.2, -0.15) is 0 Å². The molecule has 3 aromatic rings. The number of fused-ring (bicyclic) bond motifs is 1. The van der Waals surface area contributed by atoms with E-state index in [1.807, 2.05) is 42.2 Å². The van der Waals surface area contributed by atoms with Crippen molar-refractivity contribution in [1.29, 1.82) is 0 Å². The number of amides is 1. The van der Waals surface area contributed by atoms with Gasteiger partial charge in [-0.3, -0.25) is 9.10 Å². The number of benzene rings is 3. The van der Waals surface area contributed by atoms with Crippen LogP contribution in [0.1, 0.15) is 22.8 Å². The second kappa shape index (κ2) is 9.46. The number of hydrogen-bond donors (Lipinski definition) is 0. The Balaban J connectivity index is 1.30. The van der Waals surface area contributed by atoms with Gasteiger partial charge in [-0.25, -0.2) is 12.8 Å². The van der Waals surface area contributed by atoms with Gasteiger partial charge in [0.05, 0.1) is 17.7 Å². The van der Waals surface area contributed by atoms with Gasteiger partial charge in [0.1, 0.15) is 11.6 Å². The summed E-state index contributed by atoms with van der Waals surface area (Å²) in [7, 11) is -2.21. The summed E-state index contributed by atoms with van der Waals surface area (Å²) in [6.45, 7) is 4.49. The number of piperazine rings is 1. The molecule has 0 radical (unpaired) electrons. The summed E-state index contributed by atoms with van der Waals surface area (Å²) in [6.07, 6.45) is 0.502. The molecule has 0 spiro atoms. The Morgan fingerprint density at radius 1 is 0.944 bits per heavy atom. The summed E-state index contributed by atoms with van der Waals surface area (Å²) >= 11 is 0. The standard InChI is InChI=1S/C27H28FN3O4S/c1-19-17-21-18-20(3-12-26(21)31(19)36(33,34)25-10-4-22(28)5-11-25)27(32)30-15-13-29(14-16-30)23-6-8-24(35-2)9-7-23/h3-12,18-19H,13-17H2,1-2H3/t19-/m0/s1. The number of nitrogens with zero attached hydrogens (tertiary/aromatic N) is 3. The van der Waals surface area contributed by atoms with Crippen LogP contribution in [0.4, 0.5) is 15.8 Å². The lowest BCUT2D eigenvalue weighted by atomic mass is 10.1. The van der Waals surface area contributed by atoms with Gasteiger partial charge in [-0.1, -0.05) is 0 Å². The zero-order chi connectivity index (χ0) is 25.4. The van der Waals surface area contributed by atoms with Gasteiger partial charge in [0.25, 0.3) is 15.9 Å². The van der Waals surface area contributed by atoms with Crippen molar-refractivity contribution in [3.8, 4) is 5.75 Å². The van der Waals surface area contributed by atoms with E-state index >= 15 is 0 Å². The molecule has 188 valence electrons. The summed E-state index contributed by atoms with van der Waals surface area (Å²) in [5, 5.41) is 0. The molecule has 0 bridgehead atoms. The van der Waals surface area contributed by atoms with Gasteiger partial charge in [0.15, 0.2) is 0 Å². The summed E-state index contributed by atoms with van der Waals surface area (Å²) in [4.78, 5) is 17.4. The van der Waals surface area contributed by atoms with Crippen LogP contribution in [0.15, 0.2) is 71.6 Å². The monoisotopic (exact) mass is 509 g/mol. The van der Waals surface area contributed by atoms with Crippen LogP contribution in [0.3, 0.4) is 0 Å². The predicted molar refractivity (Wildman–Crippen MR) is 137 cm³/mol. The molecule has 2 heterocycles. The Bertz CT molecular complexity index is 1370. The van der Waals surface area contributed by atoms with E-state index in [4.69, 9.17) is 4.74 Å². The topological polar surface area (TPSA) is 70.2 Å². The van der Waals surface area contributed by atoms with Crippen LogP contribution < -0.4 is 13.9 Å². The number of anilines is 2. The lowest BCUT2D eigenvalue weighted by molar-refractivity contribution is 0.0746. The highest BCUT2D eigenvalue weighted by Gasteiger charge is 2.36. The van der Waals surface area contributed by atoms with Crippen molar-refractivity contribution in [1.82, 2.24) is 4.90 Å². The SMILES string of the molecule is COc1ccc(N2CCN(C(=O)c3ccc4c(c3)C[C@H](C)N4S(=O)(=O)c3ccc(F)cc3)CC2)cc1. The van der Waals surface area contributed by atoms with Crippen LogP contribution in [0.25, 0.3) is 0 Å². The molecule has 5 rings (SSSR count). The summed E-state index contributed by atoms with van der Waals surface area (Å²) < 4.78 is 46.5. The van der Waals surface area contributed by atoms with E-state index in [2.05, 4.69) is 4.90 Å². The van der Waals surface area contributed by atoms with Crippen molar-refractivity contribution < 1.29 is 22.3 Å².